The van der Waals surface area contributed by atoms with Crippen LogP contribution in [0.15, 0.2) is 42.5 Å². The van der Waals surface area contributed by atoms with Gasteiger partial charge in [0.1, 0.15) is 5.75 Å². The zero-order valence-electron chi connectivity index (χ0n) is 16.2. The van der Waals surface area contributed by atoms with Gasteiger partial charge in [-0.15, -0.1) is 0 Å². The van der Waals surface area contributed by atoms with Gasteiger partial charge in [-0.25, -0.2) is 0 Å². The molecule has 7 heteroatoms. The van der Waals surface area contributed by atoms with E-state index >= 15 is 0 Å². The maximum absolute atomic E-state index is 12.6. The van der Waals surface area contributed by atoms with Crippen molar-refractivity contribution in [2.24, 2.45) is 5.92 Å². The van der Waals surface area contributed by atoms with Gasteiger partial charge in [0, 0.05) is 29.5 Å². The van der Waals surface area contributed by atoms with Crippen molar-refractivity contribution in [1.29, 1.82) is 0 Å². The summed E-state index contributed by atoms with van der Waals surface area (Å²) in [5.41, 5.74) is 2.92. The van der Waals surface area contributed by atoms with Crippen molar-refractivity contribution >= 4 is 34.8 Å². The second kappa shape index (κ2) is 7.95. The van der Waals surface area contributed by atoms with Gasteiger partial charge in [0.2, 0.25) is 5.91 Å². The first kappa shape index (κ1) is 19.0. The summed E-state index contributed by atoms with van der Waals surface area (Å²) in [6.45, 7) is 0.692. The molecule has 1 fully saturated rings. The number of hydrogen-bond acceptors (Lipinski definition) is 4. The van der Waals surface area contributed by atoms with E-state index in [9.17, 15) is 14.4 Å². The van der Waals surface area contributed by atoms with Gasteiger partial charge in [0.15, 0.2) is 0 Å². The van der Waals surface area contributed by atoms with Gasteiger partial charge in [0.05, 0.1) is 7.11 Å². The Labute approximate surface area is 169 Å². The quantitative estimate of drug-likeness (QED) is 0.782. The van der Waals surface area contributed by atoms with Gasteiger partial charge in [-0.3, -0.25) is 14.4 Å². The molecule has 0 spiro atoms. The third-order valence-corrected chi connectivity index (χ3v) is 5.21. The summed E-state index contributed by atoms with van der Waals surface area (Å²) < 4.78 is 5.07. The third-order valence-electron chi connectivity index (χ3n) is 5.21. The summed E-state index contributed by atoms with van der Waals surface area (Å²) in [5, 5.41) is 5.18. The Kier molecular flexibility index (Phi) is 5.20. The van der Waals surface area contributed by atoms with Gasteiger partial charge in [-0.1, -0.05) is 6.07 Å². The normalized spacial score (nSPS) is 15.3. The first-order valence-corrected chi connectivity index (χ1v) is 9.76. The minimum atomic E-state index is -0.767. The summed E-state index contributed by atoms with van der Waals surface area (Å²) in [6, 6.07) is 12.2. The highest BCUT2D eigenvalue weighted by Crippen LogP contribution is 2.36. The number of methoxy groups -OCH3 is 1. The van der Waals surface area contributed by atoms with Crippen LogP contribution in [0.4, 0.5) is 17.1 Å². The minimum Gasteiger partial charge on any atom is -0.497 e. The van der Waals surface area contributed by atoms with E-state index in [1.807, 2.05) is 11.0 Å². The molecule has 0 atom stereocenters. The van der Waals surface area contributed by atoms with Crippen molar-refractivity contribution in [2.45, 2.75) is 25.7 Å². The largest absolute Gasteiger partial charge is 0.497 e. The van der Waals surface area contributed by atoms with E-state index in [-0.39, 0.29) is 11.8 Å². The first-order chi connectivity index (χ1) is 14.0. The van der Waals surface area contributed by atoms with E-state index in [1.54, 1.807) is 43.5 Å². The average molecular weight is 393 g/mol. The Hall–Kier alpha value is -3.35. The van der Waals surface area contributed by atoms with Crippen LogP contribution < -0.4 is 20.3 Å². The van der Waals surface area contributed by atoms with Crippen LogP contribution in [0.5, 0.6) is 5.75 Å². The summed E-state index contributed by atoms with van der Waals surface area (Å²) in [4.78, 5) is 38.9. The van der Waals surface area contributed by atoms with E-state index in [0.717, 1.165) is 36.9 Å². The molecule has 2 aromatic rings. The van der Waals surface area contributed by atoms with Gasteiger partial charge in [-0.2, -0.15) is 0 Å². The highest BCUT2D eigenvalue weighted by atomic mass is 16.5. The SMILES string of the molecule is COc1ccc(NC(=O)C(=O)Nc2ccc3c(c2)N(C(=O)C2CC2)CCC3)cc1. The molecule has 2 N–H and O–H groups in total. The lowest BCUT2D eigenvalue weighted by Gasteiger charge is -2.30. The van der Waals surface area contributed by atoms with Crippen molar-refractivity contribution in [3.05, 3.63) is 48.0 Å². The number of carbonyl (C=O) groups is 3. The molecule has 150 valence electrons. The predicted octanol–water partition coefficient (Wildman–Crippen LogP) is 2.96. The number of amides is 3. The number of benzene rings is 2. The molecule has 0 bridgehead atoms. The topological polar surface area (TPSA) is 87.7 Å². The summed E-state index contributed by atoms with van der Waals surface area (Å²) in [6.07, 6.45) is 3.73. The lowest BCUT2D eigenvalue weighted by Crippen LogP contribution is -2.36. The molecule has 0 saturated heterocycles. The van der Waals surface area contributed by atoms with Crippen LogP contribution in [0.25, 0.3) is 0 Å². The summed E-state index contributed by atoms with van der Waals surface area (Å²) in [5.74, 6) is -0.580. The second-order valence-electron chi connectivity index (χ2n) is 7.35. The van der Waals surface area contributed by atoms with Crippen LogP contribution in [0.1, 0.15) is 24.8 Å². The molecule has 1 saturated carbocycles. The Balaban J connectivity index is 1.44. The predicted molar refractivity (Wildman–Crippen MR) is 110 cm³/mol. The number of nitrogens with one attached hydrogen (secondary N) is 2. The smallest absolute Gasteiger partial charge is 0.314 e. The van der Waals surface area contributed by atoms with Gasteiger partial charge < -0.3 is 20.3 Å². The second-order valence-corrected chi connectivity index (χ2v) is 7.35. The molecule has 29 heavy (non-hydrogen) atoms. The van der Waals surface area contributed by atoms with Crippen LogP contribution >= 0.6 is 0 Å². The maximum Gasteiger partial charge on any atom is 0.314 e. The number of hydrogen-bond donors (Lipinski definition) is 2. The minimum absolute atomic E-state index is 0.134. The molecule has 1 heterocycles. The van der Waals surface area contributed by atoms with Crippen LogP contribution in [-0.2, 0) is 20.8 Å². The molecular weight excluding hydrogens is 370 g/mol. The van der Waals surface area contributed by atoms with Crippen molar-refractivity contribution < 1.29 is 19.1 Å². The van der Waals surface area contributed by atoms with E-state index < -0.39 is 11.8 Å². The average Bonchev–Trinajstić information content (AvgIpc) is 3.58. The Morgan fingerprint density at radius 3 is 2.28 bits per heavy atom. The maximum atomic E-state index is 12.6. The van der Waals surface area contributed by atoms with Gasteiger partial charge in [-0.05, 0) is 67.6 Å². The fourth-order valence-corrected chi connectivity index (χ4v) is 3.48. The number of rotatable bonds is 4. The number of anilines is 3. The standard InChI is InChI=1S/C22H23N3O4/c1-29-18-10-8-16(9-11-18)23-20(26)21(27)24-17-7-6-14-3-2-12-25(19(14)13-17)22(28)15-4-5-15/h6-11,13,15H,2-5,12H2,1H3,(H,23,26)(H,24,27). The van der Waals surface area contributed by atoms with Gasteiger partial charge >= 0.3 is 11.8 Å². The molecule has 3 amide bonds. The van der Waals surface area contributed by atoms with E-state index in [1.165, 1.54) is 0 Å². The van der Waals surface area contributed by atoms with Crippen LogP contribution in [0.2, 0.25) is 0 Å². The highest BCUT2D eigenvalue weighted by Gasteiger charge is 2.35. The van der Waals surface area contributed by atoms with E-state index in [4.69, 9.17) is 4.74 Å². The zero-order valence-corrected chi connectivity index (χ0v) is 16.2. The Morgan fingerprint density at radius 1 is 0.966 bits per heavy atom. The molecule has 7 nitrogen and oxygen atoms in total. The van der Waals surface area contributed by atoms with E-state index in [2.05, 4.69) is 10.6 Å². The number of aryl methyl sites for hydroxylation is 1. The zero-order chi connectivity index (χ0) is 20.4. The number of carbonyl (C=O) groups excluding carboxylic acids is 3. The lowest BCUT2D eigenvalue weighted by atomic mass is 10.0. The summed E-state index contributed by atoms with van der Waals surface area (Å²) >= 11 is 0. The van der Waals surface area contributed by atoms with Crippen LogP contribution in [-0.4, -0.2) is 31.4 Å². The molecule has 0 unspecified atom stereocenters. The third kappa shape index (κ3) is 4.23. The molecular formula is C22H23N3O4. The lowest BCUT2D eigenvalue weighted by molar-refractivity contribution is -0.132. The summed E-state index contributed by atoms with van der Waals surface area (Å²) in [7, 11) is 1.55. The molecule has 0 aromatic heterocycles. The molecule has 0 radical (unpaired) electrons. The fourth-order valence-electron chi connectivity index (χ4n) is 3.48. The Bertz CT molecular complexity index is 951. The van der Waals surface area contributed by atoms with Gasteiger partial charge in [0.25, 0.3) is 0 Å². The number of fused-ring (bicyclic) bond motifs is 1. The fraction of sp³-hybridized carbons (Fsp3) is 0.318. The van der Waals surface area contributed by atoms with Crippen molar-refractivity contribution in [3.8, 4) is 5.75 Å². The Morgan fingerprint density at radius 2 is 1.62 bits per heavy atom. The number of nitrogens with zero attached hydrogens (tertiary/aromatic N) is 1. The highest BCUT2D eigenvalue weighted by molar-refractivity contribution is 6.43. The first-order valence-electron chi connectivity index (χ1n) is 9.76. The molecule has 1 aliphatic carbocycles. The molecule has 2 aliphatic rings. The van der Waals surface area contributed by atoms with Crippen molar-refractivity contribution in [1.82, 2.24) is 0 Å². The van der Waals surface area contributed by atoms with E-state index in [0.29, 0.717) is 23.7 Å². The monoisotopic (exact) mass is 393 g/mol. The molecule has 1 aliphatic heterocycles. The van der Waals surface area contributed by atoms with Crippen molar-refractivity contribution in [3.63, 3.8) is 0 Å². The number of ether oxygens (including phenoxy) is 1. The van der Waals surface area contributed by atoms with Crippen LogP contribution in [0, 0.1) is 5.92 Å². The van der Waals surface area contributed by atoms with Crippen molar-refractivity contribution in [2.75, 3.05) is 29.2 Å². The molecule has 2 aromatic carbocycles. The molecule has 4 rings (SSSR count). The van der Waals surface area contributed by atoms with Crippen LogP contribution in [0.3, 0.4) is 0 Å².